The summed E-state index contributed by atoms with van der Waals surface area (Å²) < 4.78 is 124. The third-order valence-electron chi connectivity index (χ3n) is 23.5. The van der Waals surface area contributed by atoms with Crippen molar-refractivity contribution in [1.29, 1.82) is 0 Å². The Kier molecular flexibility index (Phi) is 32.2. The molecule has 0 atom stereocenters. The van der Waals surface area contributed by atoms with Crippen LogP contribution in [0.15, 0.2) is 171 Å². The highest BCUT2D eigenvalue weighted by molar-refractivity contribution is 7.90. The van der Waals surface area contributed by atoms with Crippen LogP contribution in [0, 0.1) is 51.0 Å². The van der Waals surface area contributed by atoms with Crippen LogP contribution in [0.2, 0.25) is 0 Å². The van der Waals surface area contributed by atoms with E-state index in [1.165, 1.54) is 54.8 Å². The van der Waals surface area contributed by atoms with Crippen LogP contribution in [0.25, 0.3) is 67.1 Å². The molecule has 0 spiro atoms. The van der Waals surface area contributed by atoms with Gasteiger partial charge < -0.3 is 74.7 Å². The third kappa shape index (κ3) is 23.4. The van der Waals surface area contributed by atoms with Crippen LogP contribution in [0.5, 0.6) is 23.0 Å². The van der Waals surface area contributed by atoms with Crippen LogP contribution >= 0.6 is 0 Å². The number of nitrogens with zero attached hydrogens (tertiary/aromatic N) is 16. The van der Waals surface area contributed by atoms with Gasteiger partial charge in [0.15, 0.2) is 0 Å². The number of halogens is 4. The van der Waals surface area contributed by atoms with Crippen molar-refractivity contribution in [3.8, 4) is 67.5 Å². The number of ketones is 1. The predicted molar refractivity (Wildman–Crippen MR) is 503 cm³/mol. The molecular formula is C98H115F4N21O8S. The van der Waals surface area contributed by atoms with Crippen LogP contribution < -0.4 is 47.6 Å². The zero-order valence-electron chi connectivity index (χ0n) is 76.5. The van der Waals surface area contributed by atoms with Gasteiger partial charge in [-0.2, -0.15) is 20.4 Å². The molecule has 34 heteroatoms. The number of rotatable bonds is 37. The van der Waals surface area contributed by atoms with E-state index in [-0.39, 0.29) is 34.8 Å². The molecule has 694 valence electrons. The fourth-order valence-electron chi connectivity index (χ4n) is 16.1. The summed E-state index contributed by atoms with van der Waals surface area (Å²) in [5, 5.41) is 18.0. The maximum Gasteiger partial charge on any atom is 0.147 e. The van der Waals surface area contributed by atoms with Crippen LogP contribution in [-0.2, 0) is 125 Å². The number of carbonyl (C=O) groups excluding carboxylic acids is 1. The zero-order valence-corrected chi connectivity index (χ0v) is 77.3. The van der Waals surface area contributed by atoms with Gasteiger partial charge in [0.2, 0.25) is 0 Å². The number of ether oxygens (including phenoxy) is 5. The average Bonchev–Trinajstić information content (AvgIpc) is 1.61. The highest BCUT2D eigenvalue weighted by Crippen LogP contribution is 2.37. The van der Waals surface area contributed by atoms with Gasteiger partial charge >= 0.3 is 0 Å². The Bertz CT molecular complexity index is 6840. The molecule has 0 amide bonds. The number of methoxy groups -OCH3 is 1. The normalized spacial score (nSPS) is 11.5. The Labute approximate surface area is 764 Å². The first-order valence-electron chi connectivity index (χ1n) is 43.8. The van der Waals surface area contributed by atoms with Gasteiger partial charge in [0.25, 0.3) is 0 Å². The predicted octanol–water partition coefficient (Wildman–Crippen LogP) is 12.9. The largest absolute Gasteiger partial charge is 0.492 e. The monoisotopic (exact) mass is 1820 g/mol. The minimum Gasteiger partial charge on any atom is -0.492 e. The number of Topliss-reactive ketones (excluding diaryl/α,β-unsaturated/α-hetero) is 1. The molecule has 0 bridgehead atoms. The minimum absolute atomic E-state index is 0.0359. The second-order valence-corrected chi connectivity index (χ2v) is 34.7. The van der Waals surface area contributed by atoms with Crippen molar-refractivity contribution in [2.45, 2.75) is 118 Å². The van der Waals surface area contributed by atoms with E-state index in [0.29, 0.717) is 147 Å². The Morgan fingerprint density at radius 1 is 0.371 bits per heavy atom. The molecule has 0 saturated heterocycles. The van der Waals surface area contributed by atoms with Crippen LogP contribution in [0.3, 0.4) is 0 Å². The number of carbonyl (C=O) groups is 1. The van der Waals surface area contributed by atoms with Crippen LogP contribution in [-0.4, -0.2) is 163 Å². The molecule has 12 heterocycles. The van der Waals surface area contributed by atoms with Gasteiger partial charge in [-0.25, -0.2) is 45.9 Å². The first-order valence-corrected chi connectivity index (χ1v) is 45.9. The summed E-state index contributed by atoms with van der Waals surface area (Å²) in [4.78, 5) is 29.1. The van der Waals surface area contributed by atoms with Crippen LogP contribution in [0.4, 0.5) is 17.6 Å². The summed E-state index contributed by atoms with van der Waals surface area (Å²) in [6.07, 6.45) is 23.2. The lowest BCUT2D eigenvalue weighted by Gasteiger charge is -2.13. The van der Waals surface area contributed by atoms with Crippen molar-refractivity contribution in [3.05, 3.63) is 285 Å². The summed E-state index contributed by atoms with van der Waals surface area (Å²) in [5.41, 5.74) is 54.7. The quantitative estimate of drug-likeness (QED) is 0.0226. The lowest BCUT2D eigenvalue weighted by Crippen LogP contribution is -2.09. The molecule has 0 saturated carbocycles. The number of nitrogens with two attached hydrogens (primary N) is 5. The molecule has 12 aromatic heterocycles. The summed E-state index contributed by atoms with van der Waals surface area (Å²) in [6, 6.07) is 33.9. The zero-order chi connectivity index (χ0) is 94.0. The van der Waals surface area contributed by atoms with E-state index >= 15 is 0 Å². The first-order chi connectivity index (χ1) is 63.5. The SMILES string of the molecule is CC(=O)CCc1nn(C)c(C)c1CCOc1cc(F)ccc1-c1ccc2ncc(CCN)n2c1.COCc1nn(C)c(C)c1CCOc1cc(F)ccc1-c1ccc2ncc(CCN)n2c1.Cc1c(CCOc2cc(F)ccc2-c2ccc3ncc(CCN)n3c2)c(CCS(C)(=O)=O)nn1C.Cc1c(CCOc2cc(F)ccc2-c2ccc3ncc(CCN)n3c2)c(CN)nn1C. The molecule has 0 aliphatic heterocycles. The van der Waals surface area contributed by atoms with Crippen molar-refractivity contribution < 1.29 is 54.5 Å². The summed E-state index contributed by atoms with van der Waals surface area (Å²) in [6.45, 7) is 14.0. The first kappa shape index (κ1) is 96.3. The van der Waals surface area contributed by atoms with Gasteiger partial charge in [-0.15, -0.1) is 0 Å². The fraction of sp³-hybridized carbons (Fsp3) is 0.337. The number of aryl methyl sites for hydroxylation is 6. The van der Waals surface area contributed by atoms with Gasteiger partial charge in [-0.3, -0.25) is 18.7 Å². The van der Waals surface area contributed by atoms with Crippen molar-refractivity contribution >= 4 is 38.2 Å². The molecule has 0 aliphatic carbocycles. The summed E-state index contributed by atoms with van der Waals surface area (Å²) >= 11 is 0. The molecule has 0 fully saturated rings. The van der Waals surface area contributed by atoms with Crippen molar-refractivity contribution in [1.82, 2.24) is 76.7 Å². The number of sulfone groups is 1. The molecule has 0 unspecified atom stereocenters. The summed E-state index contributed by atoms with van der Waals surface area (Å²) in [7, 11) is 6.09. The Balaban J connectivity index is 0.000000150. The smallest absolute Gasteiger partial charge is 0.147 e. The van der Waals surface area contributed by atoms with E-state index in [1.807, 2.05) is 186 Å². The molecule has 0 radical (unpaired) electrons. The second-order valence-electron chi connectivity index (χ2n) is 32.4. The standard InChI is InChI=1S/C26H30FN5O2.C25H30FN5O3S.C24H28FN5O2.C23H27FN6O/c1-17(33)4-8-24-22(18(2)31(3)30-24)11-13-34-25-14-20(27)6-7-23(25)19-5-9-26-29-15-21(10-12-28)32(26)16-19;1-17-21(23(29-30(17)2)10-13-35(3,32)33)9-12-34-24-14-19(26)5-6-22(24)18-4-7-25-28-15-20(8-11-27)31(25)16-18;1-16-20(22(15-31-3)28-29(16)2)9-11-32-23-12-18(25)5-6-21(23)17-4-7-24-27-13-19(8-10-26)30(24)14-17;1-15-19(21(12-26)28-29(15)2)8-10-31-22-11-17(24)4-5-20(22)16-3-6-23-27-13-18(7-9-25)30(23)14-16/h5-7,9,14-16H,4,8,10-13,28H2,1-3H3;4-7,14-16H,8-13,27H2,1-3H3;4-7,12-14H,8-11,15,26H2,1-3H3;3-6,11,13-14H,7-10,12,25-26H2,1-2H3. The van der Waals surface area contributed by atoms with Crippen molar-refractivity contribution in [3.63, 3.8) is 0 Å². The molecule has 4 aromatic carbocycles. The molecule has 16 aromatic rings. The van der Waals surface area contributed by atoms with Gasteiger partial charge in [-0.05, 0) is 175 Å². The lowest BCUT2D eigenvalue weighted by molar-refractivity contribution is -0.117. The highest BCUT2D eigenvalue weighted by atomic mass is 32.2. The number of fused-ring (bicyclic) bond motifs is 4. The number of hydrogen-bond donors (Lipinski definition) is 5. The Hall–Kier alpha value is -13.2. The topological polar surface area (TPSA) is 368 Å². The minimum atomic E-state index is -3.10. The van der Waals surface area contributed by atoms with Crippen molar-refractivity contribution in [2.24, 2.45) is 56.9 Å². The molecule has 0 aliphatic rings. The number of imidazole rings is 4. The average molecular weight is 1820 g/mol. The molecule has 10 N–H and O–H groups in total. The summed E-state index contributed by atoms with van der Waals surface area (Å²) in [5.74, 6) is 0.661. The van der Waals surface area contributed by atoms with Gasteiger partial charge in [0.05, 0.1) is 61.6 Å². The van der Waals surface area contributed by atoms with Gasteiger partial charge in [-0.1, -0.05) is 0 Å². The number of benzene rings is 4. The van der Waals surface area contributed by atoms with E-state index < -0.39 is 9.84 Å². The van der Waals surface area contributed by atoms with E-state index in [0.717, 1.165) is 171 Å². The van der Waals surface area contributed by atoms with Gasteiger partial charge in [0.1, 0.15) is 84.5 Å². The van der Waals surface area contributed by atoms with E-state index in [9.17, 15) is 30.8 Å². The Morgan fingerprint density at radius 3 is 0.917 bits per heavy atom. The molecule has 29 nitrogen and oxygen atoms in total. The number of hydrogen-bond acceptors (Lipinski definition) is 21. The molecule has 132 heavy (non-hydrogen) atoms. The lowest BCUT2D eigenvalue weighted by atomic mass is 10.0. The maximum absolute atomic E-state index is 14.1. The van der Waals surface area contributed by atoms with Crippen LogP contribution in [0.1, 0.15) is 104 Å². The fourth-order valence-corrected chi connectivity index (χ4v) is 16.7. The molecule has 16 rings (SSSR count). The number of pyridine rings is 4. The second kappa shape index (κ2) is 44.1. The van der Waals surface area contributed by atoms with E-state index in [4.69, 9.17) is 52.4 Å². The van der Waals surface area contributed by atoms with Gasteiger partial charge in [0, 0.05) is 287 Å². The van der Waals surface area contributed by atoms with E-state index in [2.05, 4.69) is 40.3 Å². The Morgan fingerprint density at radius 2 is 0.644 bits per heavy atom. The van der Waals surface area contributed by atoms with Crippen molar-refractivity contribution in [2.75, 3.05) is 71.7 Å². The van der Waals surface area contributed by atoms with E-state index in [1.54, 1.807) is 43.0 Å². The highest BCUT2D eigenvalue weighted by Gasteiger charge is 2.23. The maximum atomic E-state index is 14.1. The molecular weight excluding hydrogens is 1710 g/mol. The number of aromatic nitrogens is 16. The third-order valence-corrected chi connectivity index (χ3v) is 24.4.